The molecule has 0 aromatic carbocycles. The lowest BCUT2D eigenvalue weighted by Gasteiger charge is -2.09. The van der Waals surface area contributed by atoms with E-state index in [9.17, 15) is 0 Å². The molecule has 0 saturated carbocycles. The Morgan fingerprint density at radius 3 is 2.83 bits per heavy atom. The van der Waals surface area contributed by atoms with E-state index in [0.29, 0.717) is 24.1 Å². The zero-order valence-corrected chi connectivity index (χ0v) is 10.2. The normalized spacial score (nSPS) is 16.1. The molecule has 92 valence electrons. The molecular formula is C12H10ClN3O2. The summed E-state index contributed by atoms with van der Waals surface area (Å²) in [6.45, 7) is 1.18. The zero-order chi connectivity index (χ0) is 12.4. The zero-order valence-electron chi connectivity index (χ0n) is 9.41. The first kappa shape index (κ1) is 11.5. The van der Waals surface area contributed by atoms with E-state index in [4.69, 9.17) is 21.1 Å². The van der Waals surface area contributed by atoms with E-state index < -0.39 is 6.29 Å². The number of halogens is 1. The summed E-state index contributed by atoms with van der Waals surface area (Å²) in [4.78, 5) is 12.5. The van der Waals surface area contributed by atoms with Gasteiger partial charge in [-0.3, -0.25) is 9.97 Å². The molecule has 0 N–H and O–H groups in total. The average Bonchev–Trinajstić information content (AvgIpc) is 2.93. The quantitative estimate of drug-likeness (QED) is 0.832. The van der Waals surface area contributed by atoms with E-state index in [1.165, 1.54) is 6.20 Å². The minimum Gasteiger partial charge on any atom is -0.345 e. The maximum Gasteiger partial charge on any atom is 0.201 e. The van der Waals surface area contributed by atoms with Gasteiger partial charge in [0.1, 0.15) is 5.15 Å². The lowest BCUT2D eigenvalue weighted by molar-refractivity contribution is -0.0472. The van der Waals surface area contributed by atoms with Crippen LogP contribution in [0.1, 0.15) is 12.0 Å². The van der Waals surface area contributed by atoms with Gasteiger partial charge in [-0.15, -0.1) is 0 Å². The molecule has 3 heterocycles. The van der Waals surface area contributed by atoms with Crippen LogP contribution in [0.15, 0.2) is 30.7 Å². The van der Waals surface area contributed by atoms with Gasteiger partial charge >= 0.3 is 0 Å². The first-order valence-corrected chi connectivity index (χ1v) is 5.88. The number of ether oxygens (including phenoxy) is 2. The van der Waals surface area contributed by atoms with Crippen LogP contribution in [-0.2, 0) is 9.47 Å². The fourth-order valence-corrected chi connectivity index (χ4v) is 1.89. The fourth-order valence-electron chi connectivity index (χ4n) is 1.75. The Bertz CT molecular complexity index is 559. The van der Waals surface area contributed by atoms with Crippen molar-refractivity contribution in [3.05, 3.63) is 41.6 Å². The van der Waals surface area contributed by atoms with Crippen molar-refractivity contribution in [3.63, 3.8) is 0 Å². The van der Waals surface area contributed by atoms with Crippen LogP contribution in [0.3, 0.4) is 0 Å². The van der Waals surface area contributed by atoms with Gasteiger partial charge in [-0.25, -0.2) is 4.98 Å². The third-order valence-electron chi connectivity index (χ3n) is 2.55. The third kappa shape index (κ3) is 2.33. The minimum absolute atomic E-state index is 0.360. The van der Waals surface area contributed by atoms with Gasteiger partial charge in [0.15, 0.2) is 0 Å². The van der Waals surface area contributed by atoms with Crippen LogP contribution < -0.4 is 0 Å². The van der Waals surface area contributed by atoms with Crippen molar-refractivity contribution < 1.29 is 9.47 Å². The molecule has 5 nitrogen and oxygen atoms in total. The Kier molecular flexibility index (Phi) is 3.19. The Balaban J connectivity index is 1.95. The van der Waals surface area contributed by atoms with E-state index >= 15 is 0 Å². The summed E-state index contributed by atoms with van der Waals surface area (Å²) in [6.07, 6.45) is 4.45. The molecule has 2 aromatic rings. The summed E-state index contributed by atoms with van der Waals surface area (Å²) >= 11 is 5.82. The lowest BCUT2D eigenvalue weighted by Crippen LogP contribution is -2.01. The van der Waals surface area contributed by atoms with Crippen molar-refractivity contribution in [3.8, 4) is 11.3 Å². The van der Waals surface area contributed by atoms with Crippen LogP contribution in [0.4, 0.5) is 0 Å². The van der Waals surface area contributed by atoms with Crippen LogP contribution in [0.2, 0.25) is 5.15 Å². The maximum atomic E-state index is 5.82. The summed E-state index contributed by atoms with van der Waals surface area (Å²) in [5.41, 5.74) is 2.31. The van der Waals surface area contributed by atoms with Crippen molar-refractivity contribution >= 4 is 11.6 Å². The Labute approximate surface area is 109 Å². The second kappa shape index (κ2) is 4.97. The van der Waals surface area contributed by atoms with Crippen LogP contribution in [-0.4, -0.2) is 28.2 Å². The number of pyridine rings is 1. The molecule has 0 unspecified atom stereocenters. The molecule has 3 rings (SSSR count). The van der Waals surface area contributed by atoms with Gasteiger partial charge in [-0.2, -0.15) is 0 Å². The van der Waals surface area contributed by atoms with E-state index in [1.54, 1.807) is 12.4 Å². The molecule has 6 heteroatoms. The first-order valence-electron chi connectivity index (χ1n) is 5.50. The Morgan fingerprint density at radius 1 is 1.22 bits per heavy atom. The van der Waals surface area contributed by atoms with E-state index in [2.05, 4.69) is 15.0 Å². The number of rotatable bonds is 2. The molecule has 0 bridgehead atoms. The minimum atomic E-state index is -0.392. The van der Waals surface area contributed by atoms with Crippen LogP contribution in [0, 0.1) is 0 Å². The molecule has 0 radical (unpaired) electrons. The largest absolute Gasteiger partial charge is 0.345 e. The lowest BCUT2D eigenvalue weighted by atomic mass is 10.1. The van der Waals surface area contributed by atoms with Crippen molar-refractivity contribution in [1.82, 2.24) is 15.0 Å². The highest BCUT2D eigenvalue weighted by Gasteiger charge is 2.20. The molecule has 1 fully saturated rings. The summed E-state index contributed by atoms with van der Waals surface area (Å²) in [6, 6.07) is 3.72. The third-order valence-corrected chi connectivity index (χ3v) is 2.73. The van der Waals surface area contributed by atoms with Crippen LogP contribution in [0.25, 0.3) is 11.3 Å². The standard InChI is InChI=1S/C12H10ClN3O2/c13-11-7-14-6-10(16-11)8-1-2-15-9(5-8)12-17-3-4-18-12/h1-2,5-7,12H,3-4H2. The second-order valence-corrected chi connectivity index (χ2v) is 4.16. The number of hydrogen-bond acceptors (Lipinski definition) is 5. The fraction of sp³-hybridized carbons (Fsp3) is 0.250. The predicted octanol–water partition coefficient (Wildman–Crippen LogP) is 2.24. The molecule has 0 spiro atoms. The molecule has 0 atom stereocenters. The highest BCUT2D eigenvalue weighted by Crippen LogP contribution is 2.25. The van der Waals surface area contributed by atoms with Crippen molar-refractivity contribution in [2.45, 2.75) is 6.29 Å². The van der Waals surface area contributed by atoms with Crippen molar-refractivity contribution in [1.29, 1.82) is 0 Å². The van der Waals surface area contributed by atoms with Crippen LogP contribution >= 0.6 is 11.6 Å². The molecule has 2 aromatic heterocycles. The topological polar surface area (TPSA) is 57.1 Å². The van der Waals surface area contributed by atoms with Gasteiger partial charge in [-0.05, 0) is 12.1 Å². The summed E-state index contributed by atoms with van der Waals surface area (Å²) in [5.74, 6) is 0. The number of nitrogens with zero attached hydrogens (tertiary/aromatic N) is 3. The first-order chi connectivity index (χ1) is 8.83. The maximum absolute atomic E-state index is 5.82. The summed E-state index contributed by atoms with van der Waals surface area (Å²) in [7, 11) is 0. The second-order valence-electron chi connectivity index (χ2n) is 3.77. The van der Waals surface area contributed by atoms with E-state index in [1.807, 2.05) is 12.1 Å². The van der Waals surface area contributed by atoms with Gasteiger partial charge in [-0.1, -0.05) is 11.6 Å². The number of aromatic nitrogens is 3. The Morgan fingerprint density at radius 2 is 2.06 bits per heavy atom. The summed E-state index contributed by atoms with van der Waals surface area (Å²) < 4.78 is 10.8. The molecule has 0 aliphatic carbocycles. The molecule has 1 aliphatic rings. The smallest absolute Gasteiger partial charge is 0.201 e. The monoisotopic (exact) mass is 263 g/mol. The summed E-state index contributed by atoms with van der Waals surface area (Å²) in [5, 5.41) is 0.360. The highest BCUT2D eigenvalue weighted by molar-refractivity contribution is 6.29. The van der Waals surface area contributed by atoms with Gasteiger partial charge in [0.05, 0.1) is 37.0 Å². The molecule has 0 amide bonds. The molecule has 1 aliphatic heterocycles. The van der Waals surface area contributed by atoms with E-state index in [0.717, 1.165) is 11.3 Å². The van der Waals surface area contributed by atoms with Gasteiger partial charge in [0, 0.05) is 11.8 Å². The molecule has 1 saturated heterocycles. The molecular weight excluding hydrogens is 254 g/mol. The van der Waals surface area contributed by atoms with Gasteiger partial charge < -0.3 is 9.47 Å². The van der Waals surface area contributed by atoms with Gasteiger partial charge in [0.2, 0.25) is 6.29 Å². The predicted molar refractivity (Wildman–Crippen MR) is 64.9 cm³/mol. The van der Waals surface area contributed by atoms with Crippen LogP contribution in [0.5, 0.6) is 0 Å². The SMILES string of the molecule is Clc1cncc(-c2ccnc(C3OCCO3)c2)n1. The van der Waals surface area contributed by atoms with Gasteiger partial charge in [0.25, 0.3) is 0 Å². The van der Waals surface area contributed by atoms with Crippen molar-refractivity contribution in [2.24, 2.45) is 0 Å². The van der Waals surface area contributed by atoms with E-state index in [-0.39, 0.29) is 0 Å². The Hall–Kier alpha value is -1.56. The van der Waals surface area contributed by atoms with Crippen molar-refractivity contribution in [2.75, 3.05) is 13.2 Å². The highest BCUT2D eigenvalue weighted by atomic mass is 35.5. The molecule has 18 heavy (non-hydrogen) atoms. The average molecular weight is 264 g/mol. The number of hydrogen-bond donors (Lipinski definition) is 0.